The molecule has 0 saturated carbocycles. The van der Waals surface area contributed by atoms with Crippen molar-refractivity contribution in [1.29, 1.82) is 0 Å². The molecule has 1 amide bonds. The van der Waals surface area contributed by atoms with Crippen LogP contribution in [-0.4, -0.2) is 32.1 Å². The molecule has 5 rings (SSSR count). The van der Waals surface area contributed by atoms with Gasteiger partial charge in [-0.2, -0.15) is 0 Å². The Kier molecular flexibility index (Phi) is 6.42. The summed E-state index contributed by atoms with van der Waals surface area (Å²) < 4.78 is 14.8. The fourth-order valence-corrected chi connectivity index (χ4v) is 4.76. The molecule has 1 atom stereocenters. The number of benzene rings is 2. The van der Waals surface area contributed by atoms with E-state index in [0.717, 1.165) is 28.6 Å². The van der Waals surface area contributed by atoms with Gasteiger partial charge in [-0.05, 0) is 78.6 Å². The van der Waals surface area contributed by atoms with Crippen molar-refractivity contribution in [3.63, 3.8) is 0 Å². The Morgan fingerprint density at radius 2 is 1.89 bits per heavy atom. The second-order valence-corrected chi connectivity index (χ2v) is 10.7. The van der Waals surface area contributed by atoms with Crippen LogP contribution >= 0.6 is 0 Å². The van der Waals surface area contributed by atoms with E-state index < -0.39 is 5.82 Å². The Labute approximate surface area is 215 Å². The molecule has 1 aliphatic rings. The van der Waals surface area contributed by atoms with Gasteiger partial charge in [0.25, 0.3) is 5.91 Å². The van der Waals surface area contributed by atoms with Crippen molar-refractivity contribution in [3.05, 3.63) is 83.1 Å². The van der Waals surface area contributed by atoms with Crippen LogP contribution in [0, 0.1) is 12.7 Å². The standard InChI is InChI=1S/C30H31FN4O2/c1-17-23(27-24-15-26(34-28(24)33-16-32-27)18-7-11-22(36)12-8-18)13-21(31)14-25(17)35-29(37)19-5-9-20(10-6-19)30(2,3)4/h5-7,9-10,13-16,22,36H,8,11-12H2,1-4H3,(H,35,37)(H,32,33,34). The van der Waals surface area contributed by atoms with Gasteiger partial charge in [0, 0.05) is 27.9 Å². The number of amides is 1. The quantitative estimate of drug-likeness (QED) is 0.298. The third-order valence-electron chi connectivity index (χ3n) is 7.04. The summed E-state index contributed by atoms with van der Waals surface area (Å²) in [7, 11) is 0. The molecule has 3 N–H and O–H groups in total. The van der Waals surface area contributed by atoms with E-state index in [1.807, 2.05) is 31.2 Å². The summed E-state index contributed by atoms with van der Waals surface area (Å²) in [5.74, 6) is -0.770. The number of carbonyl (C=O) groups excluding carboxylic acids is 1. The van der Waals surface area contributed by atoms with Gasteiger partial charge in [-0.1, -0.05) is 39.0 Å². The highest BCUT2D eigenvalue weighted by molar-refractivity contribution is 6.05. The number of aliphatic hydroxyl groups is 1. The van der Waals surface area contributed by atoms with Gasteiger partial charge >= 0.3 is 0 Å². The molecule has 0 radical (unpaired) electrons. The average Bonchev–Trinajstić information content (AvgIpc) is 3.30. The fourth-order valence-electron chi connectivity index (χ4n) is 4.76. The number of rotatable bonds is 4. The number of H-pyrrole nitrogens is 1. The van der Waals surface area contributed by atoms with Crippen molar-refractivity contribution in [3.8, 4) is 11.3 Å². The lowest BCUT2D eigenvalue weighted by Crippen LogP contribution is -2.15. The molecule has 7 heteroatoms. The van der Waals surface area contributed by atoms with E-state index in [4.69, 9.17) is 0 Å². The number of fused-ring (bicyclic) bond motifs is 1. The fraction of sp³-hybridized carbons (Fsp3) is 0.300. The first-order chi connectivity index (χ1) is 17.6. The lowest BCUT2D eigenvalue weighted by atomic mass is 9.86. The molecule has 4 aromatic rings. The van der Waals surface area contributed by atoms with E-state index in [2.05, 4.69) is 41.0 Å². The molecule has 1 aliphatic carbocycles. The van der Waals surface area contributed by atoms with Gasteiger partial charge in [0.15, 0.2) is 0 Å². The minimum atomic E-state index is -0.467. The van der Waals surface area contributed by atoms with Crippen LogP contribution in [0.1, 0.15) is 67.2 Å². The minimum absolute atomic E-state index is 0.0151. The van der Waals surface area contributed by atoms with Crippen LogP contribution in [-0.2, 0) is 5.41 Å². The largest absolute Gasteiger partial charge is 0.393 e. The zero-order valence-electron chi connectivity index (χ0n) is 21.5. The highest BCUT2D eigenvalue weighted by Crippen LogP contribution is 2.35. The number of carbonyl (C=O) groups is 1. The predicted octanol–water partition coefficient (Wildman–Crippen LogP) is 6.55. The molecule has 0 aliphatic heterocycles. The van der Waals surface area contributed by atoms with Gasteiger partial charge in [0.1, 0.15) is 17.8 Å². The summed E-state index contributed by atoms with van der Waals surface area (Å²) in [6.45, 7) is 8.20. The van der Waals surface area contributed by atoms with Crippen LogP contribution < -0.4 is 5.32 Å². The van der Waals surface area contributed by atoms with E-state index in [-0.39, 0.29) is 17.4 Å². The number of halogens is 1. The molecule has 2 aromatic heterocycles. The Bertz CT molecular complexity index is 1510. The Hall–Kier alpha value is -3.84. The first kappa shape index (κ1) is 24.8. The van der Waals surface area contributed by atoms with Gasteiger partial charge in [0.2, 0.25) is 0 Å². The Morgan fingerprint density at radius 3 is 2.57 bits per heavy atom. The van der Waals surface area contributed by atoms with Crippen LogP contribution in [0.3, 0.4) is 0 Å². The van der Waals surface area contributed by atoms with Crippen LogP contribution in [0.15, 0.2) is 54.9 Å². The number of nitrogens with zero attached hydrogens (tertiary/aromatic N) is 2. The van der Waals surface area contributed by atoms with Crippen molar-refractivity contribution in [2.45, 2.75) is 58.5 Å². The normalized spacial score (nSPS) is 16.1. The highest BCUT2D eigenvalue weighted by atomic mass is 19.1. The molecule has 0 bridgehead atoms. The van der Waals surface area contributed by atoms with Crippen LogP contribution in [0.4, 0.5) is 10.1 Å². The zero-order chi connectivity index (χ0) is 26.3. The van der Waals surface area contributed by atoms with Crippen LogP contribution in [0.25, 0.3) is 27.9 Å². The summed E-state index contributed by atoms with van der Waals surface area (Å²) in [6, 6.07) is 12.2. The van der Waals surface area contributed by atoms with Crippen molar-refractivity contribution in [1.82, 2.24) is 15.0 Å². The summed E-state index contributed by atoms with van der Waals surface area (Å²) in [5, 5.41) is 13.5. The molecule has 0 fully saturated rings. The number of hydrogen-bond acceptors (Lipinski definition) is 4. The van der Waals surface area contributed by atoms with Gasteiger partial charge in [-0.25, -0.2) is 14.4 Å². The molecular weight excluding hydrogens is 467 g/mol. The molecular formula is C30H31FN4O2. The molecule has 37 heavy (non-hydrogen) atoms. The summed E-state index contributed by atoms with van der Waals surface area (Å²) in [6.07, 6.45) is 5.29. The van der Waals surface area contributed by atoms with Crippen molar-refractivity contribution in [2.75, 3.05) is 5.32 Å². The summed E-state index contributed by atoms with van der Waals surface area (Å²) in [4.78, 5) is 25.2. The number of nitrogens with one attached hydrogen (secondary N) is 2. The van der Waals surface area contributed by atoms with E-state index in [1.54, 1.807) is 12.1 Å². The number of aromatic nitrogens is 3. The third-order valence-corrected chi connectivity index (χ3v) is 7.04. The summed E-state index contributed by atoms with van der Waals surface area (Å²) >= 11 is 0. The maximum atomic E-state index is 14.8. The van der Waals surface area contributed by atoms with E-state index >= 15 is 0 Å². The minimum Gasteiger partial charge on any atom is -0.393 e. The van der Waals surface area contributed by atoms with Gasteiger partial charge in [-0.3, -0.25) is 4.79 Å². The van der Waals surface area contributed by atoms with Crippen molar-refractivity contribution in [2.24, 2.45) is 0 Å². The van der Waals surface area contributed by atoms with Gasteiger partial charge in [0.05, 0.1) is 11.8 Å². The number of allylic oxidation sites excluding steroid dienone is 1. The second-order valence-electron chi connectivity index (χ2n) is 10.7. The number of aliphatic hydroxyl groups excluding tert-OH is 1. The molecule has 2 heterocycles. The topological polar surface area (TPSA) is 90.9 Å². The maximum Gasteiger partial charge on any atom is 0.255 e. The molecule has 6 nitrogen and oxygen atoms in total. The smallest absolute Gasteiger partial charge is 0.255 e. The third kappa shape index (κ3) is 5.04. The van der Waals surface area contributed by atoms with Gasteiger partial charge in [-0.15, -0.1) is 0 Å². The first-order valence-electron chi connectivity index (χ1n) is 12.5. The maximum absolute atomic E-state index is 14.8. The van der Waals surface area contributed by atoms with Gasteiger partial charge < -0.3 is 15.4 Å². The van der Waals surface area contributed by atoms with E-state index in [9.17, 15) is 14.3 Å². The van der Waals surface area contributed by atoms with E-state index in [0.29, 0.717) is 46.6 Å². The molecule has 0 spiro atoms. The first-order valence-corrected chi connectivity index (χ1v) is 12.5. The lowest BCUT2D eigenvalue weighted by Gasteiger charge is -2.19. The van der Waals surface area contributed by atoms with Crippen molar-refractivity contribution < 1.29 is 14.3 Å². The average molecular weight is 499 g/mol. The number of aromatic amines is 1. The van der Waals surface area contributed by atoms with Crippen LogP contribution in [0.2, 0.25) is 0 Å². The van der Waals surface area contributed by atoms with Crippen LogP contribution in [0.5, 0.6) is 0 Å². The molecule has 0 saturated heterocycles. The van der Waals surface area contributed by atoms with E-state index in [1.165, 1.54) is 18.5 Å². The number of anilines is 1. The Balaban J connectivity index is 1.49. The summed E-state index contributed by atoms with van der Waals surface area (Å²) in [5.41, 5.74) is 6.60. The molecule has 190 valence electrons. The lowest BCUT2D eigenvalue weighted by molar-refractivity contribution is 0.102. The highest BCUT2D eigenvalue weighted by Gasteiger charge is 2.20. The molecule has 2 aromatic carbocycles. The Morgan fingerprint density at radius 1 is 1.14 bits per heavy atom. The SMILES string of the molecule is Cc1c(NC(=O)c2ccc(C(C)(C)C)cc2)cc(F)cc1-c1ncnc2[nH]c(C3=CCC(O)CC3)cc12. The zero-order valence-corrected chi connectivity index (χ0v) is 21.5. The van der Waals surface area contributed by atoms with Crippen molar-refractivity contribution >= 4 is 28.2 Å². The molecule has 1 unspecified atom stereocenters. The predicted molar refractivity (Wildman–Crippen MR) is 145 cm³/mol. The monoisotopic (exact) mass is 498 g/mol. The second kappa shape index (κ2) is 9.56. The number of hydrogen-bond donors (Lipinski definition) is 3.